The van der Waals surface area contributed by atoms with E-state index in [1.807, 2.05) is 0 Å². The van der Waals surface area contributed by atoms with E-state index in [4.69, 9.17) is 5.11 Å². The van der Waals surface area contributed by atoms with Crippen molar-refractivity contribution in [1.82, 2.24) is 10.6 Å². The molecule has 5 nitrogen and oxygen atoms in total. The van der Waals surface area contributed by atoms with Gasteiger partial charge >= 0.3 is 12.0 Å². The summed E-state index contributed by atoms with van der Waals surface area (Å²) in [5.41, 5.74) is -0.690. The van der Waals surface area contributed by atoms with Crippen LogP contribution in [0.5, 0.6) is 0 Å². The number of nitrogens with one attached hydrogen (secondary N) is 2. The monoisotopic (exact) mass is 268 g/mol. The van der Waals surface area contributed by atoms with Gasteiger partial charge in [-0.25, -0.2) is 4.79 Å². The Labute approximate surface area is 114 Å². The Hall–Kier alpha value is -1.26. The van der Waals surface area contributed by atoms with E-state index in [1.54, 1.807) is 0 Å². The fourth-order valence-corrected chi connectivity index (χ4v) is 3.11. The van der Waals surface area contributed by atoms with Crippen LogP contribution in [-0.4, -0.2) is 29.7 Å². The molecule has 2 amide bonds. The standard InChI is InChI=1S/C14H24N2O3/c1-3-10-4-5-11(9(10)2)16-13(19)15-8-14(6-7-14)12(17)18/h9-11H,3-8H2,1-2H3,(H,17,18)(H2,15,16,19). The van der Waals surface area contributed by atoms with Gasteiger partial charge in [0.25, 0.3) is 0 Å². The lowest BCUT2D eigenvalue weighted by Crippen LogP contribution is -2.46. The first-order valence-corrected chi connectivity index (χ1v) is 7.26. The van der Waals surface area contributed by atoms with Crippen LogP contribution in [0.25, 0.3) is 0 Å². The second-order valence-electron chi connectivity index (χ2n) is 6.12. The maximum atomic E-state index is 11.8. The topological polar surface area (TPSA) is 78.4 Å². The number of amides is 2. The average Bonchev–Trinajstić information content (AvgIpc) is 3.09. The van der Waals surface area contributed by atoms with Crippen LogP contribution in [0, 0.1) is 17.3 Å². The van der Waals surface area contributed by atoms with Gasteiger partial charge < -0.3 is 15.7 Å². The lowest BCUT2D eigenvalue weighted by atomic mass is 9.93. The van der Waals surface area contributed by atoms with Gasteiger partial charge in [-0.1, -0.05) is 20.3 Å². The largest absolute Gasteiger partial charge is 0.481 e. The zero-order chi connectivity index (χ0) is 14.0. The first-order chi connectivity index (χ1) is 8.98. The molecule has 2 aliphatic carbocycles. The minimum absolute atomic E-state index is 0.221. The molecule has 3 unspecified atom stereocenters. The predicted molar refractivity (Wildman–Crippen MR) is 71.8 cm³/mol. The summed E-state index contributed by atoms with van der Waals surface area (Å²) in [6.07, 6.45) is 4.68. The number of hydrogen-bond acceptors (Lipinski definition) is 2. The first-order valence-electron chi connectivity index (χ1n) is 7.26. The molecule has 19 heavy (non-hydrogen) atoms. The lowest BCUT2D eigenvalue weighted by molar-refractivity contribution is -0.143. The number of rotatable bonds is 5. The summed E-state index contributed by atoms with van der Waals surface area (Å²) < 4.78 is 0. The number of carbonyl (C=O) groups is 2. The van der Waals surface area contributed by atoms with E-state index in [1.165, 1.54) is 6.42 Å². The van der Waals surface area contributed by atoms with E-state index in [-0.39, 0.29) is 18.6 Å². The van der Waals surface area contributed by atoms with Crippen molar-refractivity contribution in [2.45, 2.75) is 52.0 Å². The van der Waals surface area contributed by atoms with E-state index < -0.39 is 11.4 Å². The van der Waals surface area contributed by atoms with Crippen molar-refractivity contribution in [3.05, 3.63) is 0 Å². The van der Waals surface area contributed by atoms with Crippen molar-refractivity contribution in [2.75, 3.05) is 6.54 Å². The molecule has 3 atom stereocenters. The van der Waals surface area contributed by atoms with Crippen LogP contribution in [-0.2, 0) is 4.79 Å². The highest BCUT2D eigenvalue weighted by Gasteiger charge is 2.50. The summed E-state index contributed by atoms with van der Waals surface area (Å²) in [5.74, 6) is 0.400. The number of aliphatic carboxylic acids is 1. The SMILES string of the molecule is CCC1CCC(NC(=O)NCC2(C(=O)O)CC2)C1C. The molecule has 0 spiro atoms. The summed E-state index contributed by atoms with van der Waals surface area (Å²) in [7, 11) is 0. The minimum atomic E-state index is -0.798. The van der Waals surface area contributed by atoms with Crippen LogP contribution < -0.4 is 10.6 Å². The third kappa shape index (κ3) is 3.01. The van der Waals surface area contributed by atoms with Crippen molar-refractivity contribution >= 4 is 12.0 Å². The second-order valence-corrected chi connectivity index (χ2v) is 6.12. The van der Waals surface area contributed by atoms with Gasteiger partial charge in [0.2, 0.25) is 0 Å². The van der Waals surface area contributed by atoms with Crippen LogP contribution in [0.4, 0.5) is 4.79 Å². The van der Waals surface area contributed by atoms with Gasteiger partial charge in [0.05, 0.1) is 5.41 Å². The zero-order valence-corrected chi connectivity index (χ0v) is 11.7. The fraction of sp³-hybridized carbons (Fsp3) is 0.857. The molecule has 0 radical (unpaired) electrons. The summed E-state index contributed by atoms with van der Waals surface area (Å²) in [5, 5.41) is 14.7. The van der Waals surface area contributed by atoms with Gasteiger partial charge in [0.15, 0.2) is 0 Å². The maximum Gasteiger partial charge on any atom is 0.315 e. The van der Waals surface area contributed by atoms with E-state index in [0.29, 0.717) is 24.7 Å². The fourth-order valence-electron chi connectivity index (χ4n) is 3.11. The molecule has 0 aromatic heterocycles. The normalized spacial score (nSPS) is 31.8. The molecule has 0 aromatic carbocycles. The first kappa shape index (κ1) is 14.2. The number of hydrogen-bond donors (Lipinski definition) is 3. The molecule has 3 N–H and O–H groups in total. The summed E-state index contributed by atoms with van der Waals surface area (Å²) in [4.78, 5) is 22.8. The Morgan fingerprint density at radius 3 is 2.47 bits per heavy atom. The number of urea groups is 1. The molecule has 0 heterocycles. The van der Waals surface area contributed by atoms with Crippen LogP contribution in [0.15, 0.2) is 0 Å². The predicted octanol–water partition coefficient (Wildman–Crippen LogP) is 1.98. The zero-order valence-electron chi connectivity index (χ0n) is 11.7. The average molecular weight is 268 g/mol. The molecule has 0 saturated heterocycles. The summed E-state index contributed by atoms with van der Waals surface area (Å²) in [6.45, 7) is 4.62. The molecule has 2 aliphatic rings. The molecule has 2 fully saturated rings. The van der Waals surface area contributed by atoms with Gasteiger partial charge in [-0.2, -0.15) is 0 Å². The molecule has 0 aromatic rings. The van der Waals surface area contributed by atoms with Gasteiger partial charge in [-0.05, 0) is 37.5 Å². The lowest BCUT2D eigenvalue weighted by Gasteiger charge is -2.21. The molecule has 0 bridgehead atoms. The molecule has 108 valence electrons. The van der Waals surface area contributed by atoms with E-state index >= 15 is 0 Å². The van der Waals surface area contributed by atoms with Crippen LogP contribution in [0.3, 0.4) is 0 Å². The van der Waals surface area contributed by atoms with Gasteiger partial charge in [-0.3, -0.25) is 4.79 Å². The van der Waals surface area contributed by atoms with Crippen molar-refractivity contribution in [3.8, 4) is 0 Å². The Balaban J connectivity index is 1.75. The van der Waals surface area contributed by atoms with Gasteiger partial charge in [-0.15, -0.1) is 0 Å². The third-order valence-electron chi connectivity index (χ3n) is 4.96. The Bertz CT molecular complexity index is 366. The van der Waals surface area contributed by atoms with Crippen molar-refractivity contribution < 1.29 is 14.7 Å². The van der Waals surface area contributed by atoms with Crippen LogP contribution in [0.1, 0.15) is 46.0 Å². The van der Waals surface area contributed by atoms with E-state index in [0.717, 1.165) is 12.8 Å². The second kappa shape index (κ2) is 5.39. The molecule has 0 aliphatic heterocycles. The van der Waals surface area contributed by atoms with Crippen molar-refractivity contribution in [3.63, 3.8) is 0 Å². The van der Waals surface area contributed by atoms with Crippen LogP contribution >= 0.6 is 0 Å². The summed E-state index contributed by atoms with van der Waals surface area (Å²) >= 11 is 0. The smallest absolute Gasteiger partial charge is 0.315 e. The summed E-state index contributed by atoms with van der Waals surface area (Å²) in [6, 6.07) is 0.00561. The molecule has 5 heteroatoms. The molecular weight excluding hydrogens is 244 g/mol. The van der Waals surface area contributed by atoms with Crippen LogP contribution in [0.2, 0.25) is 0 Å². The highest BCUT2D eigenvalue weighted by Crippen LogP contribution is 2.45. The number of carboxylic acid groups (broad SMARTS) is 1. The number of carboxylic acids is 1. The Kier molecular flexibility index (Phi) is 4.02. The quantitative estimate of drug-likeness (QED) is 0.713. The Morgan fingerprint density at radius 1 is 1.32 bits per heavy atom. The van der Waals surface area contributed by atoms with Crippen molar-refractivity contribution in [2.24, 2.45) is 17.3 Å². The highest BCUT2D eigenvalue weighted by atomic mass is 16.4. The highest BCUT2D eigenvalue weighted by molar-refractivity contribution is 5.80. The third-order valence-corrected chi connectivity index (χ3v) is 4.96. The van der Waals surface area contributed by atoms with Gasteiger partial charge in [0, 0.05) is 12.6 Å². The Morgan fingerprint density at radius 2 is 2.00 bits per heavy atom. The minimum Gasteiger partial charge on any atom is -0.481 e. The molecule has 2 rings (SSSR count). The van der Waals surface area contributed by atoms with E-state index in [9.17, 15) is 9.59 Å². The van der Waals surface area contributed by atoms with Crippen molar-refractivity contribution in [1.29, 1.82) is 0 Å². The molecular formula is C14H24N2O3. The molecule has 2 saturated carbocycles. The van der Waals surface area contributed by atoms with Gasteiger partial charge in [0.1, 0.15) is 0 Å². The maximum absolute atomic E-state index is 11.8. The van der Waals surface area contributed by atoms with E-state index in [2.05, 4.69) is 24.5 Å². The number of carbonyl (C=O) groups excluding carboxylic acids is 1.